The Morgan fingerprint density at radius 3 is 2.78 bits per heavy atom. The molecule has 0 amide bonds. The lowest BCUT2D eigenvalue weighted by atomic mass is 10.2. The van der Waals surface area contributed by atoms with Crippen LogP contribution in [0.3, 0.4) is 0 Å². The van der Waals surface area contributed by atoms with E-state index in [2.05, 4.69) is 38.4 Å². The van der Waals surface area contributed by atoms with Gasteiger partial charge >= 0.3 is 0 Å². The summed E-state index contributed by atoms with van der Waals surface area (Å²) in [7, 11) is 1.94. The minimum Gasteiger partial charge on any atom is -0.436 e. The number of oxazole rings is 1. The normalized spacial score (nSPS) is 10.9. The van der Waals surface area contributed by atoms with Gasteiger partial charge in [0.05, 0.1) is 5.69 Å². The molecule has 0 unspecified atom stereocenters. The zero-order valence-corrected chi connectivity index (χ0v) is 13.0. The van der Waals surface area contributed by atoms with Gasteiger partial charge in [0.1, 0.15) is 5.76 Å². The minimum atomic E-state index is 0.695. The molecule has 0 aliphatic rings. The quantitative estimate of drug-likeness (QED) is 0.923. The Hall–Kier alpha value is -0.780. The Morgan fingerprint density at radius 2 is 2.17 bits per heavy atom. The Morgan fingerprint density at radius 1 is 1.39 bits per heavy atom. The lowest BCUT2D eigenvalue weighted by molar-refractivity contribution is 0.431. The molecule has 1 N–H and O–H groups in total. The van der Waals surface area contributed by atoms with Crippen LogP contribution in [-0.2, 0) is 6.54 Å². The van der Waals surface area contributed by atoms with Gasteiger partial charge in [-0.15, -0.1) is 0 Å². The van der Waals surface area contributed by atoms with E-state index in [4.69, 9.17) is 4.42 Å². The van der Waals surface area contributed by atoms with E-state index in [1.165, 1.54) is 5.56 Å². The SMILES string of the molecule is CNCc1ccc(Br)cc1Sc1nc(C)c(C)o1. The highest BCUT2D eigenvalue weighted by Crippen LogP contribution is 2.32. The average molecular weight is 327 g/mol. The molecule has 1 aromatic heterocycles. The van der Waals surface area contributed by atoms with Crippen LogP contribution in [0.2, 0.25) is 0 Å². The van der Waals surface area contributed by atoms with Crippen molar-refractivity contribution < 1.29 is 4.42 Å². The molecule has 0 saturated heterocycles. The summed E-state index contributed by atoms with van der Waals surface area (Å²) in [6.07, 6.45) is 0. The number of benzene rings is 1. The molecule has 0 saturated carbocycles. The molecule has 5 heteroatoms. The Balaban J connectivity index is 2.29. The predicted molar refractivity (Wildman–Crippen MR) is 77.0 cm³/mol. The van der Waals surface area contributed by atoms with E-state index in [0.29, 0.717) is 5.22 Å². The summed E-state index contributed by atoms with van der Waals surface area (Å²) in [6, 6.07) is 6.24. The van der Waals surface area contributed by atoms with Crippen molar-refractivity contribution in [1.82, 2.24) is 10.3 Å². The Labute approximate surface area is 120 Å². The Bertz CT molecular complexity index is 534. The molecule has 1 aromatic carbocycles. The van der Waals surface area contributed by atoms with Crippen LogP contribution in [-0.4, -0.2) is 12.0 Å². The number of hydrogen-bond acceptors (Lipinski definition) is 4. The predicted octanol–water partition coefficient (Wildman–Crippen LogP) is 3.92. The highest BCUT2D eigenvalue weighted by Gasteiger charge is 2.10. The fourth-order valence-corrected chi connectivity index (χ4v) is 3.05. The van der Waals surface area contributed by atoms with E-state index in [-0.39, 0.29) is 0 Å². The lowest BCUT2D eigenvalue weighted by Gasteiger charge is -2.07. The van der Waals surface area contributed by atoms with Crippen LogP contribution in [0.5, 0.6) is 0 Å². The van der Waals surface area contributed by atoms with Crippen molar-refractivity contribution in [3.63, 3.8) is 0 Å². The largest absolute Gasteiger partial charge is 0.436 e. The summed E-state index contributed by atoms with van der Waals surface area (Å²) in [6.45, 7) is 4.72. The monoisotopic (exact) mass is 326 g/mol. The summed E-state index contributed by atoms with van der Waals surface area (Å²) in [4.78, 5) is 5.55. The van der Waals surface area contributed by atoms with Gasteiger partial charge < -0.3 is 9.73 Å². The van der Waals surface area contributed by atoms with Crippen molar-refractivity contribution in [3.8, 4) is 0 Å². The molecule has 0 spiro atoms. The zero-order valence-electron chi connectivity index (χ0n) is 10.6. The molecule has 1 heterocycles. The Kier molecular flexibility index (Phi) is 4.48. The van der Waals surface area contributed by atoms with Crippen LogP contribution in [0.15, 0.2) is 37.2 Å². The molecule has 2 rings (SSSR count). The number of aryl methyl sites for hydroxylation is 2. The summed E-state index contributed by atoms with van der Waals surface area (Å²) >= 11 is 5.05. The van der Waals surface area contributed by atoms with E-state index >= 15 is 0 Å². The summed E-state index contributed by atoms with van der Waals surface area (Å²) < 4.78 is 6.67. The van der Waals surface area contributed by atoms with Gasteiger partial charge in [-0.3, -0.25) is 0 Å². The van der Waals surface area contributed by atoms with Crippen molar-refractivity contribution >= 4 is 27.7 Å². The highest BCUT2D eigenvalue weighted by atomic mass is 79.9. The van der Waals surface area contributed by atoms with Gasteiger partial charge in [0.2, 0.25) is 0 Å². The first-order valence-electron chi connectivity index (χ1n) is 5.65. The maximum Gasteiger partial charge on any atom is 0.261 e. The second-order valence-electron chi connectivity index (χ2n) is 4.01. The molecular weight excluding hydrogens is 312 g/mol. The summed E-state index contributed by atoms with van der Waals surface area (Å²) in [5.41, 5.74) is 2.18. The first-order valence-corrected chi connectivity index (χ1v) is 7.26. The molecule has 0 atom stereocenters. The van der Waals surface area contributed by atoms with Crippen molar-refractivity contribution in [1.29, 1.82) is 0 Å². The fourth-order valence-electron chi connectivity index (χ4n) is 1.54. The van der Waals surface area contributed by atoms with Crippen LogP contribution in [0.4, 0.5) is 0 Å². The lowest BCUT2D eigenvalue weighted by Crippen LogP contribution is -2.06. The van der Waals surface area contributed by atoms with Gasteiger partial charge in [0.25, 0.3) is 5.22 Å². The van der Waals surface area contributed by atoms with Gasteiger partial charge in [0, 0.05) is 15.9 Å². The highest BCUT2D eigenvalue weighted by molar-refractivity contribution is 9.10. The van der Waals surface area contributed by atoms with Crippen molar-refractivity contribution in [2.24, 2.45) is 0 Å². The van der Waals surface area contributed by atoms with Crippen molar-refractivity contribution in [2.45, 2.75) is 30.5 Å². The molecule has 3 nitrogen and oxygen atoms in total. The zero-order chi connectivity index (χ0) is 13.1. The molecule has 0 fully saturated rings. The number of nitrogens with zero attached hydrogens (tertiary/aromatic N) is 1. The minimum absolute atomic E-state index is 0.695. The smallest absolute Gasteiger partial charge is 0.261 e. The third-order valence-electron chi connectivity index (χ3n) is 2.60. The molecule has 2 aromatic rings. The van der Waals surface area contributed by atoms with Gasteiger partial charge in [-0.05, 0) is 50.4 Å². The molecule has 0 aliphatic carbocycles. The van der Waals surface area contributed by atoms with Gasteiger partial charge in [0.15, 0.2) is 0 Å². The van der Waals surface area contributed by atoms with E-state index in [1.807, 2.05) is 27.0 Å². The third kappa shape index (κ3) is 3.16. The van der Waals surface area contributed by atoms with Crippen LogP contribution in [0.25, 0.3) is 0 Å². The van der Waals surface area contributed by atoms with Gasteiger partial charge in [-0.25, -0.2) is 4.98 Å². The van der Waals surface area contributed by atoms with Crippen LogP contribution < -0.4 is 5.32 Å². The first kappa shape index (κ1) is 13.6. The van der Waals surface area contributed by atoms with E-state index in [0.717, 1.165) is 27.4 Å². The van der Waals surface area contributed by atoms with Crippen LogP contribution >= 0.6 is 27.7 Å². The standard InChI is InChI=1S/C13H15BrN2OS/c1-8-9(2)17-13(16-8)18-12-6-11(14)5-4-10(12)7-15-3/h4-6,15H,7H2,1-3H3. The molecule has 96 valence electrons. The molecule has 0 bridgehead atoms. The van der Waals surface area contributed by atoms with E-state index in [9.17, 15) is 0 Å². The van der Waals surface area contributed by atoms with Crippen molar-refractivity contribution in [3.05, 3.63) is 39.7 Å². The third-order valence-corrected chi connectivity index (χ3v) is 4.05. The number of nitrogens with one attached hydrogen (secondary N) is 1. The number of rotatable bonds is 4. The number of halogens is 1. The molecule has 0 radical (unpaired) electrons. The summed E-state index contributed by atoms with van der Waals surface area (Å²) in [5.74, 6) is 0.877. The van der Waals surface area contributed by atoms with Gasteiger partial charge in [-0.1, -0.05) is 22.0 Å². The van der Waals surface area contributed by atoms with E-state index in [1.54, 1.807) is 11.8 Å². The van der Waals surface area contributed by atoms with Crippen molar-refractivity contribution in [2.75, 3.05) is 7.05 Å². The molecular formula is C13H15BrN2OS. The maximum absolute atomic E-state index is 5.61. The molecule has 18 heavy (non-hydrogen) atoms. The number of hydrogen-bond donors (Lipinski definition) is 1. The topological polar surface area (TPSA) is 38.1 Å². The first-order chi connectivity index (χ1) is 8.60. The van der Waals surface area contributed by atoms with E-state index < -0.39 is 0 Å². The van der Waals surface area contributed by atoms with Crippen LogP contribution in [0, 0.1) is 13.8 Å². The fraction of sp³-hybridized carbons (Fsp3) is 0.308. The average Bonchev–Trinajstić information content (AvgIpc) is 2.62. The second kappa shape index (κ2) is 5.91. The van der Waals surface area contributed by atoms with Crippen LogP contribution in [0.1, 0.15) is 17.0 Å². The molecule has 0 aliphatic heterocycles. The maximum atomic E-state index is 5.61. The second-order valence-corrected chi connectivity index (χ2v) is 5.91. The van der Waals surface area contributed by atoms with Gasteiger partial charge in [-0.2, -0.15) is 0 Å². The summed E-state index contributed by atoms with van der Waals surface area (Å²) in [5, 5.41) is 3.86. The number of aromatic nitrogens is 1.